The van der Waals surface area contributed by atoms with Crippen molar-refractivity contribution in [2.75, 3.05) is 0 Å². The highest BCUT2D eigenvalue weighted by atomic mass is 35.5. The number of nitrogens with zero attached hydrogens (tertiary/aromatic N) is 3. The van der Waals surface area contributed by atoms with Gasteiger partial charge in [-0.25, -0.2) is 0 Å². The smallest absolute Gasteiger partial charge is 0.135 e. The predicted octanol–water partition coefficient (Wildman–Crippen LogP) is 0.656. The van der Waals surface area contributed by atoms with Gasteiger partial charge >= 0.3 is 0 Å². The summed E-state index contributed by atoms with van der Waals surface area (Å²) < 4.78 is 0. The molecule has 0 unspecified atom stereocenters. The minimum Gasteiger partial charge on any atom is -0.300 e. The molecule has 0 bridgehead atoms. The summed E-state index contributed by atoms with van der Waals surface area (Å²) >= 11 is 5.65. The van der Waals surface area contributed by atoms with Gasteiger partial charge in [-0.05, 0) is 12.1 Å². The van der Waals surface area contributed by atoms with Crippen molar-refractivity contribution in [3.63, 3.8) is 0 Å². The van der Waals surface area contributed by atoms with Crippen molar-refractivity contribution in [2.24, 2.45) is 0 Å². The lowest BCUT2D eigenvalue weighted by Crippen LogP contribution is -2.02. The summed E-state index contributed by atoms with van der Waals surface area (Å²) in [6.45, 7) is 1.47. The first-order valence-electron chi connectivity index (χ1n) is 3.02. The Balaban J connectivity index is 2.86. The third kappa shape index (κ3) is 2.23. The van der Waals surface area contributed by atoms with Gasteiger partial charge in [-0.3, -0.25) is 4.79 Å². The van der Waals surface area contributed by atoms with Crippen LogP contribution in [0.4, 0.5) is 0 Å². The van der Waals surface area contributed by atoms with Crippen molar-refractivity contribution >= 4 is 17.4 Å². The maximum atomic E-state index is 10.6. The molecular weight excluding hydrogens is 166 g/mol. The Kier molecular flexibility index (Phi) is 2.48. The molecule has 0 atom stereocenters. The molecule has 0 amide bonds. The molecule has 0 aromatic carbocycles. The summed E-state index contributed by atoms with van der Waals surface area (Å²) in [6, 6.07) is 0. The van der Waals surface area contributed by atoms with Crippen LogP contribution in [0.15, 0.2) is 6.20 Å². The first-order chi connectivity index (χ1) is 5.20. The lowest BCUT2D eigenvalue weighted by Gasteiger charge is -1.95. The first-order valence-corrected chi connectivity index (χ1v) is 3.40. The zero-order valence-corrected chi connectivity index (χ0v) is 6.67. The number of carbonyl (C=O) groups is 1. The zero-order valence-electron chi connectivity index (χ0n) is 5.91. The summed E-state index contributed by atoms with van der Waals surface area (Å²) in [5, 5.41) is 10.8. The molecule has 0 saturated heterocycles. The standard InChI is InChI=1S/C6H6ClN3O/c1-4(11)2-6-5(7)3-8-10-9-6/h3H,2H2,1H3. The first kappa shape index (κ1) is 8.07. The molecule has 5 heteroatoms. The van der Waals surface area contributed by atoms with Crippen molar-refractivity contribution in [1.29, 1.82) is 0 Å². The SMILES string of the molecule is CC(=O)Cc1nnncc1Cl. The highest BCUT2D eigenvalue weighted by Crippen LogP contribution is 2.09. The van der Waals surface area contributed by atoms with Crippen molar-refractivity contribution in [1.82, 2.24) is 15.4 Å². The van der Waals surface area contributed by atoms with Crippen LogP contribution in [0.25, 0.3) is 0 Å². The largest absolute Gasteiger partial charge is 0.300 e. The van der Waals surface area contributed by atoms with Crippen LogP contribution in [-0.4, -0.2) is 21.2 Å². The molecule has 58 valence electrons. The van der Waals surface area contributed by atoms with Gasteiger partial charge in [-0.2, -0.15) is 0 Å². The monoisotopic (exact) mass is 171 g/mol. The van der Waals surface area contributed by atoms with Gasteiger partial charge in [0.2, 0.25) is 0 Å². The van der Waals surface area contributed by atoms with E-state index in [1.165, 1.54) is 13.1 Å². The molecule has 0 spiro atoms. The molecule has 0 saturated carbocycles. The molecule has 1 aromatic heterocycles. The van der Waals surface area contributed by atoms with Gasteiger partial charge in [-0.1, -0.05) is 11.6 Å². The molecule has 0 radical (unpaired) electrons. The van der Waals surface area contributed by atoms with Crippen LogP contribution in [0.5, 0.6) is 0 Å². The maximum Gasteiger partial charge on any atom is 0.135 e. The highest BCUT2D eigenvalue weighted by molar-refractivity contribution is 6.31. The molecule has 0 aliphatic heterocycles. The third-order valence-corrected chi connectivity index (χ3v) is 1.40. The Hall–Kier alpha value is -1.03. The fraction of sp³-hybridized carbons (Fsp3) is 0.333. The van der Waals surface area contributed by atoms with E-state index in [0.29, 0.717) is 10.7 Å². The zero-order chi connectivity index (χ0) is 8.27. The van der Waals surface area contributed by atoms with Crippen LogP contribution in [0.1, 0.15) is 12.6 Å². The third-order valence-electron chi connectivity index (χ3n) is 1.08. The van der Waals surface area contributed by atoms with Gasteiger partial charge in [0.15, 0.2) is 0 Å². The quantitative estimate of drug-likeness (QED) is 0.656. The highest BCUT2D eigenvalue weighted by Gasteiger charge is 2.04. The van der Waals surface area contributed by atoms with Gasteiger partial charge in [0, 0.05) is 0 Å². The average Bonchev–Trinajstić information content (AvgIpc) is 1.93. The van der Waals surface area contributed by atoms with Crippen molar-refractivity contribution in [2.45, 2.75) is 13.3 Å². The Morgan fingerprint density at radius 2 is 2.45 bits per heavy atom. The summed E-state index contributed by atoms with van der Waals surface area (Å²) in [4.78, 5) is 10.6. The van der Waals surface area contributed by atoms with E-state index in [-0.39, 0.29) is 12.2 Å². The molecule has 0 aliphatic rings. The Morgan fingerprint density at radius 3 is 3.00 bits per heavy atom. The Bertz CT molecular complexity index is 276. The number of halogens is 1. The normalized spacial score (nSPS) is 9.64. The van der Waals surface area contributed by atoms with E-state index in [4.69, 9.17) is 11.6 Å². The van der Waals surface area contributed by atoms with E-state index in [0.717, 1.165) is 0 Å². The van der Waals surface area contributed by atoms with Crippen LogP contribution in [0.3, 0.4) is 0 Å². The van der Waals surface area contributed by atoms with Crippen LogP contribution < -0.4 is 0 Å². The number of carbonyl (C=O) groups excluding carboxylic acids is 1. The second-order valence-electron chi connectivity index (χ2n) is 2.11. The molecule has 4 nitrogen and oxygen atoms in total. The molecule has 0 fully saturated rings. The fourth-order valence-electron chi connectivity index (χ4n) is 0.634. The number of rotatable bonds is 2. The van der Waals surface area contributed by atoms with E-state index in [1.807, 2.05) is 0 Å². The van der Waals surface area contributed by atoms with E-state index >= 15 is 0 Å². The maximum absolute atomic E-state index is 10.6. The summed E-state index contributed by atoms with van der Waals surface area (Å²) in [5.74, 6) is 0.00685. The van der Waals surface area contributed by atoms with E-state index in [2.05, 4.69) is 15.4 Å². The topological polar surface area (TPSA) is 55.7 Å². The van der Waals surface area contributed by atoms with Gasteiger partial charge < -0.3 is 0 Å². The van der Waals surface area contributed by atoms with E-state index < -0.39 is 0 Å². The van der Waals surface area contributed by atoms with Gasteiger partial charge in [0.05, 0.1) is 23.3 Å². The molecule has 11 heavy (non-hydrogen) atoms. The molecular formula is C6H6ClN3O. The number of ketones is 1. The Labute approximate surface area is 68.6 Å². The molecule has 1 rings (SSSR count). The van der Waals surface area contributed by atoms with Gasteiger partial charge in [0.25, 0.3) is 0 Å². The summed E-state index contributed by atoms with van der Waals surface area (Å²) in [7, 11) is 0. The summed E-state index contributed by atoms with van der Waals surface area (Å²) in [6.07, 6.45) is 1.58. The van der Waals surface area contributed by atoms with Gasteiger partial charge in [0.1, 0.15) is 5.78 Å². The molecule has 1 heterocycles. The van der Waals surface area contributed by atoms with Crippen LogP contribution in [0, 0.1) is 0 Å². The van der Waals surface area contributed by atoms with Gasteiger partial charge in [-0.15, -0.1) is 10.2 Å². The number of hydrogen-bond donors (Lipinski definition) is 0. The number of hydrogen-bond acceptors (Lipinski definition) is 4. The minimum absolute atomic E-state index is 0.00685. The van der Waals surface area contributed by atoms with Crippen LogP contribution in [0.2, 0.25) is 5.02 Å². The number of aromatic nitrogens is 3. The lowest BCUT2D eigenvalue weighted by molar-refractivity contribution is -0.116. The minimum atomic E-state index is 0.00685. The Morgan fingerprint density at radius 1 is 1.73 bits per heavy atom. The second kappa shape index (κ2) is 3.39. The molecule has 1 aromatic rings. The lowest BCUT2D eigenvalue weighted by atomic mass is 10.2. The van der Waals surface area contributed by atoms with Crippen molar-refractivity contribution in [3.8, 4) is 0 Å². The summed E-state index contributed by atoms with van der Waals surface area (Å²) in [5.41, 5.74) is 0.481. The predicted molar refractivity (Wildman–Crippen MR) is 39.2 cm³/mol. The molecule has 0 aliphatic carbocycles. The average molecular weight is 172 g/mol. The second-order valence-corrected chi connectivity index (χ2v) is 2.51. The van der Waals surface area contributed by atoms with E-state index in [1.54, 1.807) is 0 Å². The fourth-order valence-corrected chi connectivity index (χ4v) is 0.782. The van der Waals surface area contributed by atoms with Crippen LogP contribution in [-0.2, 0) is 11.2 Å². The molecule has 0 N–H and O–H groups in total. The van der Waals surface area contributed by atoms with E-state index in [9.17, 15) is 4.79 Å². The number of Topliss-reactive ketones (excluding diaryl/α,β-unsaturated/α-hetero) is 1. The van der Waals surface area contributed by atoms with Crippen molar-refractivity contribution in [3.05, 3.63) is 16.9 Å². The van der Waals surface area contributed by atoms with Crippen LogP contribution >= 0.6 is 11.6 Å². The van der Waals surface area contributed by atoms with Crippen molar-refractivity contribution < 1.29 is 4.79 Å².